The van der Waals surface area contributed by atoms with Crippen LogP contribution in [-0.4, -0.2) is 0 Å². The van der Waals surface area contributed by atoms with Gasteiger partial charge in [0.25, 0.3) is 0 Å². The second-order valence-electron chi connectivity index (χ2n) is 4.34. The molecule has 0 unspecified atom stereocenters. The molecule has 0 heterocycles. The van der Waals surface area contributed by atoms with Crippen molar-refractivity contribution in [2.24, 2.45) is 0 Å². The van der Waals surface area contributed by atoms with E-state index in [9.17, 15) is 4.39 Å². The lowest BCUT2D eigenvalue weighted by Crippen LogP contribution is -1.95. The van der Waals surface area contributed by atoms with E-state index in [4.69, 9.17) is 0 Å². The van der Waals surface area contributed by atoms with Crippen LogP contribution in [-0.2, 0) is 6.42 Å². The lowest BCUT2D eigenvalue weighted by Gasteiger charge is -2.11. The third kappa shape index (κ3) is 1.53. The standard InChI is InChI=1S/C15H13F/c16-13-8-5-12(6-9-13)15-10-7-11-3-1-2-4-14(11)15/h1-6,8-9,15H,7,10H2/t15-/m0/s1. The second-order valence-corrected chi connectivity index (χ2v) is 4.34. The Hall–Kier alpha value is -1.63. The van der Waals surface area contributed by atoms with Crippen LogP contribution in [0.3, 0.4) is 0 Å². The SMILES string of the molecule is Fc1ccc([C@@H]2CCc3ccccc32)cc1. The first-order chi connectivity index (χ1) is 7.84. The molecule has 1 aliphatic rings. The van der Waals surface area contributed by atoms with Gasteiger partial charge >= 0.3 is 0 Å². The Morgan fingerprint density at radius 2 is 1.69 bits per heavy atom. The van der Waals surface area contributed by atoms with Crippen LogP contribution in [0, 0.1) is 5.82 Å². The minimum Gasteiger partial charge on any atom is -0.207 e. The molecule has 0 N–H and O–H groups in total. The van der Waals surface area contributed by atoms with Gasteiger partial charge in [-0.15, -0.1) is 0 Å². The van der Waals surface area contributed by atoms with Crippen molar-refractivity contribution >= 4 is 0 Å². The third-order valence-electron chi connectivity index (χ3n) is 3.41. The normalized spacial score (nSPS) is 18.4. The van der Waals surface area contributed by atoms with Crippen molar-refractivity contribution in [2.75, 3.05) is 0 Å². The summed E-state index contributed by atoms with van der Waals surface area (Å²) in [4.78, 5) is 0. The second kappa shape index (κ2) is 3.75. The Labute approximate surface area is 94.7 Å². The molecule has 0 fully saturated rings. The van der Waals surface area contributed by atoms with E-state index in [0.717, 1.165) is 12.8 Å². The molecule has 80 valence electrons. The largest absolute Gasteiger partial charge is 0.207 e. The first-order valence-electron chi connectivity index (χ1n) is 5.68. The van der Waals surface area contributed by atoms with Crippen molar-refractivity contribution in [1.82, 2.24) is 0 Å². The van der Waals surface area contributed by atoms with Gasteiger partial charge in [-0.1, -0.05) is 36.4 Å². The maximum atomic E-state index is 12.9. The summed E-state index contributed by atoms with van der Waals surface area (Å²) in [6.45, 7) is 0. The molecule has 1 aliphatic carbocycles. The van der Waals surface area contributed by atoms with Crippen molar-refractivity contribution in [3.05, 3.63) is 71.0 Å². The van der Waals surface area contributed by atoms with Crippen molar-refractivity contribution in [3.63, 3.8) is 0 Å². The Bertz CT molecular complexity index is 499. The minimum atomic E-state index is -0.157. The van der Waals surface area contributed by atoms with Crippen LogP contribution in [0.2, 0.25) is 0 Å². The predicted molar refractivity (Wildman–Crippen MR) is 63.0 cm³/mol. The lowest BCUT2D eigenvalue weighted by molar-refractivity contribution is 0.626. The van der Waals surface area contributed by atoms with Crippen molar-refractivity contribution in [2.45, 2.75) is 18.8 Å². The quantitative estimate of drug-likeness (QED) is 0.672. The molecule has 0 aliphatic heterocycles. The van der Waals surface area contributed by atoms with Crippen LogP contribution in [0.5, 0.6) is 0 Å². The average molecular weight is 212 g/mol. The fourth-order valence-electron chi connectivity index (χ4n) is 2.60. The van der Waals surface area contributed by atoms with Crippen LogP contribution in [0.25, 0.3) is 0 Å². The summed E-state index contributed by atoms with van der Waals surface area (Å²) in [5.74, 6) is 0.298. The van der Waals surface area contributed by atoms with Gasteiger partial charge in [0.15, 0.2) is 0 Å². The van der Waals surface area contributed by atoms with Crippen molar-refractivity contribution in [1.29, 1.82) is 0 Å². The van der Waals surface area contributed by atoms with E-state index in [-0.39, 0.29) is 5.82 Å². The Balaban J connectivity index is 2.01. The monoisotopic (exact) mass is 212 g/mol. The number of benzene rings is 2. The molecular weight excluding hydrogens is 199 g/mol. The highest BCUT2D eigenvalue weighted by Gasteiger charge is 2.22. The molecule has 1 heteroatoms. The van der Waals surface area contributed by atoms with Crippen LogP contribution < -0.4 is 0 Å². The summed E-state index contributed by atoms with van der Waals surface area (Å²) in [5.41, 5.74) is 4.08. The number of halogens is 1. The van der Waals surface area contributed by atoms with Gasteiger partial charge in [0.2, 0.25) is 0 Å². The Morgan fingerprint density at radius 3 is 2.50 bits per heavy atom. The topological polar surface area (TPSA) is 0 Å². The molecule has 0 saturated heterocycles. The summed E-state index contributed by atoms with van der Waals surface area (Å²) in [6, 6.07) is 15.5. The van der Waals surface area contributed by atoms with E-state index in [1.165, 1.54) is 16.7 Å². The molecule has 3 rings (SSSR count). The molecule has 0 aromatic heterocycles. The lowest BCUT2D eigenvalue weighted by atomic mass is 9.93. The van der Waals surface area contributed by atoms with Crippen LogP contribution >= 0.6 is 0 Å². The summed E-state index contributed by atoms with van der Waals surface area (Å²) in [5, 5.41) is 0. The Kier molecular flexibility index (Phi) is 2.24. The number of hydrogen-bond donors (Lipinski definition) is 0. The maximum absolute atomic E-state index is 12.9. The highest BCUT2D eigenvalue weighted by molar-refractivity contribution is 5.41. The van der Waals surface area contributed by atoms with Gasteiger partial charge in [-0.2, -0.15) is 0 Å². The zero-order valence-corrected chi connectivity index (χ0v) is 8.99. The highest BCUT2D eigenvalue weighted by atomic mass is 19.1. The van der Waals surface area contributed by atoms with Crippen LogP contribution in [0.4, 0.5) is 4.39 Å². The summed E-state index contributed by atoms with van der Waals surface area (Å²) in [7, 11) is 0. The van der Waals surface area contributed by atoms with Gasteiger partial charge in [-0.3, -0.25) is 0 Å². The molecule has 0 radical (unpaired) electrons. The number of fused-ring (bicyclic) bond motifs is 1. The number of hydrogen-bond acceptors (Lipinski definition) is 0. The van der Waals surface area contributed by atoms with E-state index in [1.807, 2.05) is 12.1 Å². The molecule has 0 saturated carbocycles. The predicted octanol–water partition coefficient (Wildman–Crippen LogP) is 3.90. The van der Waals surface area contributed by atoms with Gasteiger partial charge in [0.05, 0.1) is 0 Å². The van der Waals surface area contributed by atoms with Crippen molar-refractivity contribution in [3.8, 4) is 0 Å². The molecular formula is C15H13F. The van der Waals surface area contributed by atoms with E-state index in [0.29, 0.717) is 5.92 Å². The Morgan fingerprint density at radius 1 is 0.938 bits per heavy atom. The smallest absolute Gasteiger partial charge is 0.123 e. The highest BCUT2D eigenvalue weighted by Crippen LogP contribution is 2.37. The zero-order chi connectivity index (χ0) is 11.0. The average Bonchev–Trinajstić information content (AvgIpc) is 2.74. The molecule has 0 amide bonds. The minimum absolute atomic E-state index is 0.157. The number of aryl methyl sites for hydroxylation is 1. The summed E-state index contributed by atoms with van der Waals surface area (Å²) < 4.78 is 12.9. The molecule has 0 bridgehead atoms. The fraction of sp³-hybridized carbons (Fsp3) is 0.200. The van der Waals surface area contributed by atoms with E-state index < -0.39 is 0 Å². The van der Waals surface area contributed by atoms with Gasteiger partial charge in [-0.05, 0) is 41.7 Å². The number of rotatable bonds is 1. The molecule has 16 heavy (non-hydrogen) atoms. The third-order valence-corrected chi connectivity index (χ3v) is 3.41. The summed E-state index contributed by atoms with van der Waals surface area (Å²) in [6.07, 6.45) is 2.28. The first-order valence-corrected chi connectivity index (χ1v) is 5.68. The van der Waals surface area contributed by atoms with Gasteiger partial charge in [-0.25, -0.2) is 4.39 Å². The first kappa shape index (κ1) is 9.59. The van der Waals surface area contributed by atoms with Crippen LogP contribution in [0.15, 0.2) is 48.5 Å². The van der Waals surface area contributed by atoms with Gasteiger partial charge in [0, 0.05) is 5.92 Å². The molecule has 2 aromatic rings. The van der Waals surface area contributed by atoms with E-state index >= 15 is 0 Å². The van der Waals surface area contributed by atoms with Gasteiger partial charge < -0.3 is 0 Å². The van der Waals surface area contributed by atoms with E-state index in [2.05, 4.69) is 24.3 Å². The molecule has 0 nitrogen and oxygen atoms in total. The molecule has 2 aromatic carbocycles. The fourth-order valence-corrected chi connectivity index (χ4v) is 2.60. The van der Waals surface area contributed by atoms with E-state index in [1.54, 1.807) is 12.1 Å². The molecule has 0 spiro atoms. The van der Waals surface area contributed by atoms with Crippen LogP contribution in [0.1, 0.15) is 29.0 Å². The summed E-state index contributed by atoms with van der Waals surface area (Å²) >= 11 is 0. The van der Waals surface area contributed by atoms with Gasteiger partial charge in [0.1, 0.15) is 5.82 Å². The maximum Gasteiger partial charge on any atom is 0.123 e. The van der Waals surface area contributed by atoms with Crippen molar-refractivity contribution < 1.29 is 4.39 Å². The zero-order valence-electron chi connectivity index (χ0n) is 8.99. The molecule has 1 atom stereocenters.